The van der Waals surface area contributed by atoms with Crippen molar-refractivity contribution in [3.63, 3.8) is 0 Å². The predicted molar refractivity (Wildman–Crippen MR) is 52.3 cm³/mol. The van der Waals surface area contributed by atoms with Gasteiger partial charge in [-0.15, -0.1) is 0 Å². The Kier molecular flexibility index (Phi) is 3.73. The molecule has 0 aromatic heterocycles. The lowest BCUT2D eigenvalue weighted by molar-refractivity contribution is -0.138. The van der Waals surface area contributed by atoms with Gasteiger partial charge in [0.05, 0.1) is 5.57 Å². The summed E-state index contributed by atoms with van der Waals surface area (Å²) in [6.45, 7) is 3.69. The molecule has 76 valence electrons. The Balaban J connectivity index is 2.68. The number of aliphatic hydroxyl groups excluding tert-OH is 1. The number of carbonyl (C=O) groups excluding carboxylic acids is 1. The highest BCUT2D eigenvalue weighted by Gasteiger charge is 2.35. The summed E-state index contributed by atoms with van der Waals surface area (Å²) in [6, 6.07) is 0. The maximum Gasteiger partial charge on any atom is 0.337 e. The molecule has 0 unspecified atom stereocenters. The minimum atomic E-state index is -0.835. The summed E-state index contributed by atoms with van der Waals surface area (Å²) in [5.41, 5.74) is 0.265. The fraction of sp³-hybridized carbons (Fsp3) is 0.545. The van der Waals surface area contributed by atoms with Crippen molar-refractivity contribution in [3.05, 3.63) is 11.6 Å². The van der Waals surface area contributed by atoms with Crippen LogP contribution in [-0.4, -0.2) is 23.3 Å². The van der Waals surface area contributed by atoms with Crippen LogP contribution in [0.25, 0.3) is 0 Å². The van der Waals surface area contributed by atoms with Crippen molar-refractivity contribution in [3.8, 4) is 11.8 Å². The molecule has 1 rings (SSSR count). The number of rotatable bonds is 1. The van der Waals surface area contributed by atoms with E-state index in [0.717, 1.165) is 12.8 Å². The number of cyclic esters (lactones) is 1. The Labute approximate surface area is 83.8 Å². The SMILES string of the molecule is CCCC#C/C=C1/C(=O)O[C@@H](C)[C@@H]1O. The van der Waals surface area contributed by atoms with Crippen molar-refractivity contribution < 1.29 is 14.6 Å². The van der Waals surface area contributed by atoms with Crippen molar-refractivity contribution in [2.75, 3.05) is 0 Å². The average molecular weight is 194 g/mol. The molecule has 0 spiro atoms. The minimum Gasteiger partial charge on any atom is -0.456 e. The highest BCUT2D eigenvalue weighted by molar-refractivity contribution is 5.92. The topological polar surface area (TPSA) is 46.5 Å². The summed E-state index contributed by atoms with van der Waals surface area (Å²) in [5.74, 6) is 5.15. The maximum absolute atomic E-state index is 11.1. The monoisotopic (exact) mass is 194 g/mol. The molecule has 1 fully saturated rings. The Bertz CT molecular complexity index is 306. The van der Waals surface area contributed by atoms with Gasteiger partial charge in [-0.3, -0.25) is 0 Å². The Morgan fingerprint density at radius 1 is 1.64 bits per heavy atom. The van der Waals surface area contributed by atoms with E-state index in [1.807, 2.05) is 6.92 Å². The van der Waals surface area contributed by atoms with Gasteiger partial charge in [0.1, 0.15) is 12.2 Å². The van der Waals surface area contributed by atoms with E-state index in [-0.39, 0.29) is 5.57 Å². The van der Waals surface area contributed by atoms with Crippen LogP contribution in [0.2, 0.25) is 0 Å². The predicted octanol–water partition coefficient (Wildman–Crippen LogP) is 1.02. The van der Waals surface area contributed by atoms with E-state index >= 15 is 0 Å². The number of aliphatic hydroxyl groups is 1. The van der Waals surface area contributed by atoms with Gasteiger partial charge in [0.15, 0.2) is 0 Å². The molecule has 1 saturated heterocycles. The maximum atomic E-state index is 11.1. The number of ether oxygens (including phenoxy) is 1. The number of hydrogen-bond acceptors (Lipinski definition) is 3. The lowest BCUT2D eigenvalue weighted by Gasteiger charge is -2.03. The molecule has 0 bridgehead atoms. The van der Waals surface area contributed by atoms with Gasteiger partial charge in [0, 0.05) is 12.5 Å². The molecule has 1 aliphatic rings. The summed E-state index contributed by atoms with van der Waals surface area (Å²) < 4.78 is 4.82. The van der Waals surface area contributed by atoms with Crippen LogP contribution in [0.4, 0.5) is 0 Å². The third-order valence-corrected chi connectivity index (χ3v) is 2.00. The van der Waals surface area contributed by atoms with Gasteiger partial charge in [-0.2, -0.15) is 0 Å². The molecule has 0 amide bonds. The zero-order chi connectivity index (χ0) is 10.6. The van der Waals surface area contributed by atoms with E-state index in [2.05, 4.69) is 11.8 Å². The Morgan fingerprint density at radius 3 is 2.86 bits per heavy atom. The highest BCUT2D eigenvalue weighted by atomic mass is 16.6. The highest BCUT2D eigenvalue weighted by Crippen LogP contribution is 2.20. The molecule has 14 heavy (non-hydrogen) atoms. The molecule has 2 atom stereocenters. The number of carbonyl (C=O) groups is 1. The van der Waals surface area contributed by atoms with Crippen LogP contribution in [0.3, 0.4) is 0 Å². The molecular weight excluding hydrogens is 180 g/mol. The average Bonchev–Trinajstić information content (AvgIpc) is 2.38. The van der Waals surface area contributed by atoms with Crippen LogP contribution in [0, 0.1) is 11.8 Å². The van der Waals surface area contributed by atoms with Crippen LogP contribution in [-0.2, 0) is 9.53 Å². The van der Waals surface area contributed by atoms with E-state index in [1.54, 1.807) is 6.92 Å². The fourth-order valence-electron chi connectivity index (χ4n) is 1.15. The van der Waals surface area contributed by atoms with Crippen molar-refractivity contribution in [1.29, 1.82) is 0 Å². The molecule has 3 nitrogen and oxygen atoms in total. The molecule has 1 aliphatic heterocycles. The zero-order valence-electron chi connectivity index (χ0n) is 8.41. The molecule has 1 heterocycles. The van der Waals surface area contributed by atoms with Gasteiger partial charge in [0.25, 0.3) is 0 Å². The van der Waals surface area contributed by atoms with Crippen molar-refractivity contribution in [1.82, 2.24) is 0 Å². The molecule has 0 radical (unpaired) electrons. The number of esters is 1. The molecule has 0 aromatic rings. The van der Waals surface area contributed by atoms with Gasteiger partial charge >= 0.3 is 5.97 Å². The molecule has 0 aliphatic carbocycles. The van der Waals surface area contributed by atoms with Gasteiger partial charge in [-0.25, -0.2) is 4.79 Å². The van der Waals surface area contributed by atoms with Crippen molar-refractivity contribution in [2.24, 2.45) is 0 Å². The van der Waals surface area contributed by atoms with E-state index in [0.29, 0.717) is 0 Å². The summed E-state index contributed by atoms with van der Waals surface area (Å²) in [6.07, 6.45) is 1.94. The Morgan fingerprint density at radius 2 is 2.36 bits per heavy atom. The minimum absolute atomic E-state index is 0.265. The van der Waals surface area contributed by atoms with Gasteiger partial charge in [0.2, 0.25) is 0 Å². The number of unbranched alkanes of at least 4 members (excludes halogenated alkanes) is 1. The molecule has 0 saturated carbocycles. The van der Waals surface area contributed by atoms with Gasteiger partial charge in [-0.1, -0.05) is 18.8 Å². The smallest absolute Gasteiger partial charge is 0.337 e. The largest absolute Gasteiger partial charge is 0.456 e. The summed E-state index contributed by atoms with van der Waals surface area (Å²) in [7, 11) is 0. The van der Waals surface area contributed by atoms with Crippen LogP contribution in [0.15, 0.2) is 11.6 Å². The Hall–Kier alpha value is -1.27. The van der Waals surface area contributed by atoms with E-state index in [9.17, 15) is 9.90 Å². The standard InChI is InChI=1S/C11H14O3/c1-3-4-5-6-7-9-10(12)8(2)14-11(9)13/h7-8,10,12H,3-4H2,1-2H3/b9-7+/t8-,10-/m0/s1. The van der Waals surface area contributed by atoms with Crippen LogP contribution in [0.1, 0.15) is 26.7 Å². The van der Waals surface area contributed by atoms with E-state index in [1.165, 1.54) is 6.08 Å². The van der Waals surface area contributed by atoms with Gasteiger partial charge < -0.3 is 9.84 Å². The van der Waals surface area contributed by atoms with Crippen LogP contribution < -0.4 is 0 Å². The number of allylic oxidation sites excluding steroid dienone is 1. The molecular formula is C11H14O3. The quantitative estimate of drug-likeness (QED) is 0.385. The second kappa shape index (κ2) is 4.83. The first-order chi connectivity index (χ1) is 6.66. The van der Waals surface area contributed by atoms with Gasteiger partial charge in [-0.05, 0) is 13.3 Å². The second-order valence-corrected chi connectivity index (χ2v) is 3.23. The first-order valence-corrected chi connectivity index (χ1v) is 4.74. The second-order valence-electron chi connectivity index (χ2n) is 3.23. The van der Waals surface area contributed by atoms with Crippen molar-refractivity contribution >= 4 is 5.97 Å². The molecule has 0 aromatic carbocycles. The zero-order valence-corrected chi connectivity index (χ0v) is 8.41. The van der Waals surface area contributed by atoms with E-state index in [4.69, 9.17) is 4.74 Å². The van der Waals surface area contributed by atoms with Crippen molar-refractivity contribution in [2.45, 2.75) is 38.9 Å². The number of hydrogen-bond donors (Lipinski definition) is 1. The van der Waals surface area contributed by atoms with Crippen LogP contribution >= 0.6 is 0 Å². The molecule has 3 heteroatoms. The summed E-state index contributed by atoms with van der Waals surface area (Å²) in [4.78, 5) is 11.1. The third kappa shape index (κ3) is 2.36. The lowest BCUT2D eigenvalue weighted by Crippen LogP contribution is -2.17. The van der Waals surface area contributed by atoms with E-state index < -0.39 is 18.2 Å². The summed E-state index contributed by atoms with van der Waals surface area (Å²) >= 11 is 0. The normalized spacial score (nSPS) is 28.5. The summed E-state index contributed by atoms with van der Waals surface area (Å²) in [5, 5.41) is 9.50. The first-order valence-electron chi connectivity index (χ1n) is 4.74. The third-order valence-electron chi connectivity index (χ3n) is 2.00. The lowest BCUT2D eigenvalue weighted by atomic mass is 10.1. The first kappa shape index (κ1) is 10.8. The molecule has 1 N–H and O–H groups in total. The van der Waals surface area contributed by atoms with Crippen LogP contribution in [0.5, 0.6) is 0 Å². The fourth-order valence-corrected chi connectivity index (χ4v) is 1.15.